The molecule has 0 fully saturated rings. The van der Waals surface area contributed by atoms with Gasteiger partial charge in [0.15, 0.2) is 11.7 Å². The van der Waals surface area contributed by atoms with Crippen molar-refractivity contribution < 1.29 is 4.79 Å². The van der Waals surface area contributed by atoms with E-state index < -0.39 is 5.91 Å². The first-order chi connectivity index (χ1) is 10.6. The highest BCUT2D eigenvalue weighted by Crippen LogP contribution is 2.21. The molecule has 0 unspecified atom stereocenters. The van der Waals surface area contributed by atoms with E-state index in [1.165, 1.54) is 4.80 Å². The van der Waals surface area contributed by atoms with E-state index in [2.05, 4.69) is 15.2 Å². The van der Waals surface area contributed by atoms with Gasteiger partial charge in [-0.1, -0.05) is 36.4 Å². The van der Waals surface area contributed by atoms with Crippen LogP contribution in [0.5, 0.6) is 0 Å². The van der Waals surface area contributed by atoms with E-state index in [0.717, 1.165) is 16.5 Å². The number of nitrogens with two attached hydrogens (primary N) is 2. The van der Waals surface area contributed by atoms with Gasteiger partial charge in [-0.2, -0.15) is 10.1 Å². The van der Waals surface area contributed by atoms with Gasteiger partial charge in [0.05, 0.1) is 11.4 Å². The summed E-state index contributed by atoms with van der Waals surface area (Å²) in [5, 5.41) is 10.6. The minimum absolute atomic E-state index is 0. The molecule has 23 heavy (non-hydrogen) atoms. The Morgan fingerprint density at radius 2 is 1.78 bits per heavy atom. The summed E-state index contributed by atoms with van der Waals surface area (Å²) < 4.78 is 0. The largest absolute Gasteiger partial charge is 0.370 e. The van der Waals surface area contributed by atoms with E-state index in [0.29, 0.717) is 5.69 Å². The summed E-state index contributed by atoms with van der Waals surface area (Å²) in [6, 6.07) is 13.7. The molecule has 0 saturated heterocycles. The Morgan fingerprint density at radius 3 is 2.52 bits per heavy atom. The number of guanidine groups is 1. The molecule has 118 valence electrons. The van der Waals surface area contributed by atoms with Crippen LogP contribution in [0, 0.1) is 6.92 Å². The zero-order valence-electron chi connectivity index (χ0n) is 12.3. The number of carbonyl (C=O) groups excluding carboxylic acids is 1. The van der Waals surface area contributed by atoms with Gasteiger partial charge in [-0.15, -0.1) is 22.3 Å². The number of rotatable bonds is 2. The standard InChI is InChI=1S/C15H14N6O.ClH/c1-9-13(14(22)18-15(16)17)20-21(19-9)12-8-4-6-10-5-2-3-7-11(10)12;/h2-8H,1H3,(H4,16,17,18,22);1H. The molecule has 0 atom stereocenters. The molecule has 7 nitrogen and oxygen atoms in total. The Labute approximate surface area is 138 Å². The van der Waals surface area contributed by atoms with Gasteiger partial charge in [0.25, 0.3) is 0 Å². The van der Waals surface area contributed by atoms with Crippen LogP contribution in [0.2, 0.25) is 0 Å². The molecule has 0 aliphatic heterocycles. The van der Waals surface area contributed by atoms with Crippen LogP contribution in [0.3, 0.4) is 0 Å². The molecular formula is C15H15ClN6O. The van der Waals surface area contributed by atoms with Crippen LogP contribution < -0.4 is 11.5 Å². The summed E-state index contributed by atoms with van der Waals surface area (Å²) in [6.45, 7) is 1.68. The average molecular weight is 331 g/mol. The smallest absolute Gasteiger partial charge is 0.302 e. The van der Waals surface area contributed by atoms with Crippen molar-refractivity contribution >= 4 is 35.0 Å². The number of carbonyl (C=O) groups is 1. The van der Waals surface area contributed by atoms with E-state index >= 15 is 0 Å². The molecule has 1 amide bonds. The Bertz CT molecular complexity index is 893. The second-order valence-electron chi connectivity index (χ2n) is 4.76. The maximum absolute atomic E-state index is 11.9. The number of aromatic nitrogens is 3. The molecule has 0 spiro atoms. The lowest BCUT2D eigenvalue weighted by Gasteiger charge is -2.04. The number of fused-ring (bicyclic) bond motifs is 1. The number of amides is 1. The number of halogens is 1. The number of hydrogen-bond donors (Lipinski definition) is 2. The zero-order valence-corrected chi connectivity index (χ0v) is 13.1. The fourth-order valence-corrected chi connectivity index (χ4v) is 2.24. The quantitative estimate of drug-likeness (QED) is 0.547. The lowest BCUT2D eigenvalue weighted by Crippen LogP contribution is -2.24. The summed E-state index contributed by atoms with van der Waals surface area (Å²) in [5.74, 6) is -0.909. The normalized spacial score (nSPS) is 10.1. The molecule has 0 saturated carbocycles. The molecule has 0 radical (unpaired) electrons. The average Bonchev–Trinajstić information content (AvgIpc) is 2.88. The maximum Gasteiger partial charge on any atom is 0.302 e. The summed E-state index contributed by atoms with van der Waals surface area (Å²) in [5.41, 5.74) is 11.8. The first-order valence-corrected chi connectivity index (χ1v) is 6.62. The minimum Gasteiger partial charge on any atom is -0.370 e. The summed E-state index contributed by atoms with van der Waals surface area (Å²) in [4.78, 5) is 16.8. The predicted molar refractivity (Wildman–Crippen MR) is 91.0 cm³/mol. The van der Waals surface area contributed by atoms with Gasteiger partial charge in [-0.05, 0) is 18.4 Å². The highest BCUT2D eigenvalue weighted by Gasteiger charge is 2.16. The third-order valence-corrected chi connectivity index (χ3v) is 3.20. The fraction of sp³-hybridized carbons (Fsp3) is 0.0667. The molecule has 0 aliphatic rings. The minimum atomic E-state index is -0.607. The monoisotopic (exact) mass is 330 g/mol. The number of nitrogens with zero attached hydrogens (tertiary/aromatic N) is 4. The van der Waals surface area contributed by atoms with Gasteiger partial charge in [0.1, 0.15) is 0 Å². The van der Waals surface area contributed by atoms with Gasteiger partial charge in [-0.3, -0.25) is 4.79 Å². The first-order valence-electron chi connectivity index (χ1n) is 6.62. The van der Waals surface area contributed by atoms with E-state index in [4.69, 9.17) is 11.5 Å². The highest BCUT2D eigenvalue weighted by atomic mass is 35.5. The van der Waals surface area contributed by atoms with Crippen molar-refractivity contribution in [2.24, 2.45) is 16.5 Å². The van der Waals surface area contributed by atoms with Gasteiger partial charge < -0.3 is 11.5 Å². The molecule has 0 bridgehead atoms. The van der Waals surface area contributed by atoms with Crippen LogP contribution >= 0.6 is 12.4 Å². The number of benzene rings is 2. The van der Waals surface area contributed by atoms with Gasteiger partial charge in [0.2, 0.25) is 0 Å². The van der Waals surface area contributed by atoms with Crippen LogP contribution in [0.15, 0.2) is 47.5 Å². The molecule has 0 aliphatic carbocycles. The summed E-state index contributed by atoms with van der Waals surface area (Å²) >= 11 is 0. The van der Waals surface area contributed by atoms with E-state index in [1.807, 2.05) is 42.5 Å². The molecule has 1 heterocycles. The van der Waals surface area contributed by atoms with Crippen molar-refractivity contribution in [2.45, 2.75) is 6.92 Å². The molecule has 1 aromatic heterocycles. The second-order valence-corrected chi connectivity index (χ2v) is 4.76. The third-order valence-electron chi connectivity index (χ3n) is 3.20. The van der Waals surface area contributed by atoms with E-state index in [-0.39, 0.29) is 24.1 Å². The molecule has 4 N–H and O–H groups in total. The summed E-state index contributed by atoms with van der Waals surface area (Å²) in [6.07, 6.45) is 0. The van der Waals surface area contributed by atoms with Crippen LogP contribution in [0.4, 0.5) is 0 Å². The topological polar surface area (TPSA) is 112 Å². The predicted octanol–water partition coefficient (Wildman–Crippen LogP) is 1.56. The Hall–Kier alpha value is -2.93. The molecule has 2 aromatic carbocycles. The SMILES string of the molecule is Cc1nn(-c2cccc3ccccc23)nc1C(=O)N=C(N)N.Cl. The third kappa shape index (κ3) is 3.14. The Kier molecular flexibility index (Phi) is 4.61. The molecular weight excluding hydrogens is 316 g/mol. The van der Waals surface area contributed by atoms with E-state index in [1.54, 1.807) is 6.92 Å². The zero-order chi connectivity index (χ0) is 15.7. The van der Waals surface area contributed by atoms with E-state index in [9.17, 15) is 4.79 Å². The van der Waals surface area contributed by atoms with Gasteiger partial charge in [-0.25, -0.2) is 0 Å². The molecule has 3 rings (SSSR count). The maximum atomic E-state index is 11.9. The van der Waals surface area contributed by atoms with Crippen molar-refractivity contribution in [1.82, 2.24) is 15.0 Å². The van der Waals surface area contributed by atoms with Gasteiger partial charge >= 0.3 is 5.91 Å². The van der Waals surface area contributed by atoms with Crippen LogP contribution in [-0.4, -0.2) is 26.9 Å². The fourth-order valence-electron chi connectivity index (χ4n) is 2.24. The Morgan fingerprint density at radius 1 is 1.09 bits per heavy atom. The number of aliphatic imine (C=N–C) groups is 1. The Balaban J connectivity index is 0.00000192. The lowest BCUT2D eigenvalue weighted by molar-refractivity contribution is 0.0997. The van der Waals surface area contributed by atoms with Gasteiger partial charge in [0, 0.05) is 5.39 Å². The van der Waals surface area contributed by atoms with Crippen LogP contribution in [0.25, 0.3) is 16.5 Å². The lowest BCUT2D eigenvalue weighted by atomic mass is 10.1. The summed E-state index contributed by atoms with van der Waals surface area (Å²) in [7, 11) is 0. The van der Waals surface area contributed by atoms with Crippen LogP contribution in [0.1, 0.15) is 16.2 Å². The van der Waals surface area contributed by atoms with Crippen molar-refractivity contribution in [3.63, 3.8) is 0 Å². The second kappa shape index (κ2) is 6.45. The number of hydrogen-bond acceptors (Lipinski definition) is 3. The molecule has 3 aromatic rings. The van der Waals surface area contributed by atoms with Crippen molar-refractivity contribution in [1.29, 1.82) is 0 Å². The molecule has 8 heteroatoms. The highest BCUT2D eigenvalue weighted by molar-refractivity contribution is 6.01. The van der Waals surface area contributed by atoms with Crippen molar-refractivity contribution in [2.75, 3.05) is 0 Å². The first kappa shape index (κ1) is 16.4. The number of aryl methyl sites for hydroxylation is 1. The van der Waals surface area contributed by atoms with Crippen LogP contribution in [-0.2, 0) is 0 Å². The van der Waals surface area contributed by atoms with Crippen molar-refractivity contribution in [3.05, 3.63) is 53.9 Å². The van der Waals surface area contributed by atoms with Crippen molar-refractivity contribution in [3.8, 4) is 5.69 Å².